The van der Waals surface area contributed by atoms with Crippen LogP contribution in [-0.4, -0.2) is 16.2 Å². The third kappa shape index (κ3) is 3.99. The van der Waals surface area contributed by atoms with Gasteiger partial charge in [-0.2, -0.15) is 0 Å². The molecule has 0 N–H and O–H groups in total. The highest BCUT2D eigenvalue weighted by atomic mass is 79.9. The van der Waals surface area contributed by atoms with Crippen molar-refractivity contribution in [1.29, 1.82) is 0 Å². The molecule has 0 amide bonds. The Morgan fingerprint density at radius 3 is 2.81 bits per heavy atom. The van der Waals surface area contributed by atoms with Gasteiger partial charge in [-0.3, -0.25) is 14.9 Å². The molecule has 2 rings (SSSR count). The lowest BCUT2D eigenvalue weighted by Crippen LogP contribution is -2.01. The minimum Gasteiger partial charge on any atom is -0.486 e. The molecule has 2 aromatic rings. The fourth-order valence-corrected chi connectivity index (χ4v) is 2.18. The third-order valence-corrected chi connectivity index (χ3v) is 3.16. The maximum atomic E-state index is 10.9. The Labute approximate surface area is 133 Å². The Kier molecular flexibility index (Phi) is 4.87. The van der Waals surface area contributed by atoms with Gasteiger partial charge in [0.05, 0.1) is 4.92 Å². The summed E-state index contributed by atoms with van der Waals surface area (Å²) in [6.07, 6.45) is 2.04. The van der Waals surface area contributed by atoms with E-state index in [2.05, 4.69) is 20.9 Å². The fraction of sp³-hybridized carbons (Fsp3) is 0.0769. The van der Waals surface area contributed by atoms with Gasteiger partial charge in [0.1, 0.15) is 18.1 Å². The maximum Gasteiger partial charge on any atom is 0.271 e. The summed E-state index contributed by atoms with van der Waals surface area (Å²) >= 11 is 9.05. The molecule has 0 bridgehead atoms. The summed E-state index contributed by atoms with van der Waals surface area (Å²) in [5.74, 6) is 0.280. The topological polar surface area (TPSA) is 82.3 Å². The second-order valence-electron chi connectivity index (χ2n) is 4.02. The summed E-state index contributed by atoms with van der Waals surface area (Å²) in [5.41, 5.74) is 0.546. The largest absolute Gasteiger partial charge is 0.486 e. The Bertz CT molecular complexity index is 709. The van der Waals surface area contributed by atoms with E-state index in [4.69, 9.17) is 16.3 Å². The monoisotopic (exact) mass is 370 g/mol. The van der Waals surface area contributed by atoms with Crippen molar-refractivity contribution in [3.8, 4) is 5.75 Å². The van der Waals surface area contributed by atoms with Gasteiger partial charge in [-0.15, -0.1) is 0 Å². The van der Waals surface area contributed by atoms with Gasteiger partial charge in [-0.25, -0.2) is 4.98 Å². The van der Waals surface area contributed by atoms with E-state index in [9.17, 15) is 14.9 Å². The van der Waals surface area contributed by atoms with Gasteiger partial charge in [0, 0.05) is 27.8 Å². The summed E-state index contributed by atoms with van der Waals surface area (Å²) in [6.45, 7) is 0.0281. The molecule has 21 heavy (non-hydrogen) atoms. The SMILES string of the molecule is O=Cc1ncc(Br)cc1OCc1cc(Cl)cc([N+](=O)[O-])c1. The zero-order chi connectivity index (χ0) is 15.4. The van der Waals surface area contributed by atoms with Crippen LogP contribution < -0.4 is 4.74 Å². The van der Waals surface area contributed by atoms with Gasteiger partial charge in [0.25, 0.3) is 5.69 Å². The molecule has 6 nitrogen and oxygen atoms in total. The Morgan fingerprint density at radius 2 is 2.14 bits per heavy atom. The number of halogens is 2. The van der Waals surface area contributed by atoms with Crippen molar-refractivity contribution in [2.24, 2.45) is 0 Å². The summed E-state index contributed by atoms with van der Waals surface area (Å²) in [5, 5.41) is 11.0. The number of aldehydes is 1. The number of nitro benzene ring substituents is 1. The molecule has 1 aromatic heterocycles. The van der Waals surface area contributed by atoms with Crippen molar-refractivity contribution in [2.45, 2.75) is 6.61 Å². The highest BCUT2D eigenvalue weighted by molar-refractivity contribution is 9.10. The molecule has 0 aliphatic rings. The number of rotatable bonds is 5. The number of carbonyl (C=O) groups is 1. The predicted octanol–water partition coefficient (Wildman–Crippen LogP) is 3.80. The standard InChI is InChI=1S/C13H8BrClN2O4/c14-9-3-13(12(6-18)16-5-9)21-7-8-1-10(15)4-11(2-8)17(19)20/h1-6H,7H2. The van der Waals surface area contributed by atoms with Crippen molar-refractivity contribution >= 4 is 39.5 Å². The van der Waals surface area contributed by atoms with Gasteiger partial charge in [-0.1, -0.05) is 11.6 Å². The number of aromatic nitrogens is 1. The molecule has 1 aromatic carbocycles. The highest BCUT2D eigenvalue weighted by Crippen LogP contribution is 2.24. The van der Waals surface area contributed by atoms with Crippen molar-refractivity contribution in [1.82, 2.24) is 4.98 Å². The van der Waals surface area contributed by atoms with Crippen LogP contribution in [0.25, 0.3) is 0 Å². The van der Waals surface area contributed by atoms with Gasteiger partial charge < -0.3 is 4.74 Å². The molecule has 0 spiro atoms. The molecule has 8 heteroatoms. The van der Waals surface area contributed by atoms with Gasteiger partial charge >= 0.3 is 0 Å². The lowest BCUT2D eigenvalue weighted by molar-refractivity contribution is -0.384. The fourth-order valence-electron chi connectivity index (χ4n) is 1.62. The van der Waals surface area contributed by atoms with E-state index < -0.39 is 4.92 Å². The molecule has 0 fully saturated rings. The van der Waals surface area contributed by atoms with Crippen molar-refractivity contribution < 1.29 is 14.5 Å². The molecule has 0 atom stereocenters. The van der Waals surface area contributed by atoms with Crippen LogP contribution in [0.2, 0.25) is 5.02 Å². The quantitative estimate of drug-likeness (QED) is 0.453. The molecule has 0 radical (unpaired) electrons. The average Bonchev–Trinajstić information content (AvgIpc) is 2.44. The summed E-state index contributed by atoms with van der Waals surface area (Å²) in [6, 6.07) is 5.76. The smallest absolute Gasteiger partial charge is 0.271 e. The number of non-ortho nitro benzene ring substituents is 1. The number of ether oxygens (including phenoxy) is 1. The normalized spacial score (nSPS) is 10.2. The van der Waals surface area contributed by atoms with Crippen molar-refractivity contribution in [3.05, 3.63) is 61.3 Å². The zero-order valence-electron chi connectivity index (χ0n) is 10.5. The molecular formula is C13H8BrClN2O4. The number of pyridine rings is 1. The van der Waals surface area contributed by atoms with Crippen molar-refractivity contribution in [2.75, 3.05) is 0 Å². The second-order valence-corrected chi connectivity index (χ2v) is 5.37. The van der Waals surface area contributed by atoms with E-state index >= 15 is 0 Å². The minimum absolute atomic E-state index is 0.0281. The molecule has 0 saturated carbocycles. The van der Waals surface area contributed by atoms with Crippen LogP contribution >= 0.6 is 27.5 Å². The Morgan fingerprint density at radius 1 is 1.38 bits per heavy atom. The average molecular weight is 372 g/mol. The van der Waals surface area contributed by atoms with E-state index in [0.29, 0.717) is 16.3 Å². The van der Waals surface area contributed by atoms with E-state index in [1.54, 1.807) is 12.1 Å². The predicted molar refractivity (Wildman–Crippen MR) is 79.8 cm³/mol. The number of nitrogens with zero attached hydrogens (tertiary/aromatic N) is 2. The maximum absolute atomic E-state index is 10.9. The van der Waals surface area contributed by atoms with Gasteiger partial charge in [0.15, 0.2) is 6.29 Å². The molecule has 108 valence electrons. The van der Waals surface area contributed by atoms with E-state index in [1.165, 1.54) is 18.3 Å². The third-order valence-electron chi connectivity index (χ3n) is 2.51. The minimum atomic E-state index is -0.535. The molecule has 0 saturated heterocycles. The number of hydrogen-bond acceptors (Lipinski definition) is 5. The van der Waals surface area contributed by atoms with Crippen LogP contribution in [-0.2, 0) is 6.61 Å². The first-order chi connectivity index (χ1) is 9.99. The molecule has 0 aliphatic heterocycles. The van der Waals surface area contributed by atoms with Crippen LogP contribution in [0.5, 0.6) is 5.75 Å². The number of benzene rings is 1. The first kappa shape index (κ1) is 15.4. The van der Waals surface area contributed by atoms with E-state index in [1.807, 2.05) is 0 Å². The van der Waals surface area contributed by atoms with Crippen LogP contribution in [0.1, 0.15) is 16.1 Å². The number of hydrogen-bond donors (Lipinski definition) is 0. The summed E-state index contributed by atoms with van der Waals surface area (Å²) in [4.78, 5) is 25.0. The van der Waals surface area contributed by atoms with Crippen LogP contribution in [0, 0.1) is 10.1 Å². The highest BCUT2D eigenvalue weighted by Gasteiger charge is 2.11. The molecular weight excluding hydrogens is 364 g/mol. The number of carbonyl (C=O) groups excluding carboxylic acids is 1. The molecule has 1 heterocycles. The first-order valence-corrected chi connectivity index (χ1v) is 6.84. The number of nitro groups is 1. The lowest BCUT2D eigenvalue weighted by Gasteiger charge is -2.08. The molecule has 0 unspecified atom stereocenters. The first-order valence-electron chi connectivity index (χ1n) is 5.67. The Hall–Kier alpha value is -1.99. The summed E-state index contributed by atoms with van der Waals surface area (Å²) in [7, 11) is 0. The summed E-state index contributed by atoms with van der Waals surface area (Å²) < 4.78 is 6.13. The zero-order valence-corrected chi connectivity index (χ0v) is 12.8. The van der Waals surface area contributed by atoms with E-state index in [-0.39, 0.29) is 28.8 Å². The van der Waals surface area contributed by atoms with Crippen LogP contribution in [0.15, 0.2) is 34.9 Å². The van der Waals surface area contributed by atoms with Gasteiger partial charge in [0.2, 0.25) is 0 Å². The Balaban J connectivity index is 2.22. The second kappa shape index (κ2) is 6.64. The van der Waals surface area contributed by atoms with Gasteiger partial charge in [-0.05, 0) is 33.6 Å². The van der Waals surface area contributed by atoms with Crippen LogP contribution in [0.3, 0.4) is 0 Å². The lowest BCUT2D eigenvalue weighted by atomic mass is 10.2. The molecule has 0 aliphatic carbocycles. The van der Waals surface area contributed by atoms with Crippen LogP contribution in [0.4, 0.5) is 5.69 Å². The van der Waals surface area contributed by atoms with E-state index in [0.717, 1.165) is 0 Å². The van der Waals surface area contributed by atoms with Crippen molar-refractivity contribution in [3.63, 3.8) is 0 Å².